The summed E-state index contributed by atoms with van der Waals surface area (Å²) >= 11 is 0. The highest BCUT2D eigenvalue weighted by molar-refractivity contribution is 6.06. The van der Waals surface area contributed by atoms with Crippen LogP contribution in [0.25, 0.3) is 21.5 Å². The van der Waals surface area contributed by atoms with Gasteiger partial charge in [0.05, 0.1) is 6.61 Å². The van der Waals surface area contributed by atoms with Gasteiger partial charge in [0.25, 0.3) is 0 Å². The van der Waals surface area contributed by atoms with E-state index < -0.39 is 6.16 Å². The van der Waals surface area contributed by atoms with Crippen LogP contribution in [0, 0.1) is 0 Å². The Hall–Kier alpha value is -2.55. The van der Waals surface area contributed by atoms with E-state index in [1.807, 2.05) is 30.3 Å². The van der Waals surface area contributed by atoms with Crippen molar-refractivity contribution in [3.8, 4) is 5.75 Å². The van der Waals surface area contributed by atoms with Crippen LogP contribution < -0.4 is 4.74 Å². The Balaban J connectivity index is 2.25. The van der Waals surface area contributed by atoms with Crippen LogP contribution in [0.4, 0.5) is 4.79 Å². The highest BCUT2D eigenvalue weighted by atomic mass is 16.7. The summed E-state index contributed by atoms with van der Waals surface area (Å²) in [5, 5.41) is 3.94. The van der Waals surface area contributed by atoms with Crippen LogP contribution >= 0.6 is 0 Å². The van der Waals surface area contributed by atoms with Gasteiger partial charge in [0.1, 0.15) is 5.75 Å². The first-order valence-corrected chi connectivity index (χ1v) is 7.52. The molecule has 3 aromatic rings. The van der Waals surface area contributed by atoms with Crippen LogP contribution in [-0.4, -0.2) is 12.8 Å². The van der Waals surface area contributed by atoms with E-state index in [4.69, 9.17) is 9.47 Å². The number of fused-ring (bicyclic) bond motifs is 2. The second-order valence-corrected chi connectivity index (χ2v) is 5.12. The fraction of sp³-hybridized carbons (Fsp3) is 0.211. The molecule has 3 rings (SSSR count). The van der Waals surface area contributed by atoms with Gasteiger partial charge in [0.2, 0.25) is 0 Å². The summed E-state index contributed by atoms with van der Waals surface area (Å²) < 4.78 is 10.4. The Labute approximate surface area is 129 Å². The molecule has 0 saturated heterocycles. The highest BCUT2D eigenvalue weighted by Gasteiger charge is 2.13. The predicted molar refractivity (Wildman–Crippen MR) is 88.5 cm³/mol. The van der Waals surface area contributed by atoms with Crippen LogP contribution in [0.15, 0.2) is 48.5 Å². The first kappa shape index (κ1) is 14.4. The molecule has 112 valence electrons. The number of aryl methyl sites for hydroxylation is 1. The summed E-state index contributed by atoms with van der Waals surface area (Å²) in [6, 6.07) is 16.2. The van der Waals surface area contributed by atoms with Gasteiger partial charge in [-0.05, 0) is 35.7 Å². The second kappa shape index (κ2) is 6.06. The van der Waals surface area contributed by atoms with E-state index in [0.29, 0.717) is 12.4 Å². The fourth-order valence-corrected chi connectivity index (χ4v) is 2.64. The van der Waals surface area contributed by atoms with Crippen molar-refractivity contribution in [2.75, 3.05) is 6.61 Å². The molecule has 0 bridgehead atoms. The molecule has 0 N–H and O–H groups in total. The van der Waals surface area contributed by atoms with E-state index in [-0.39, 0.29) is 0 Å². The standard InChI is InChI=1S/C19H18O3/c1-3-13-9-10-17-15(11-13)12-14-7-5-6-8-16(14)18(17)22-19(20)21-4-2/h5-12H,3-4H2,1-2H3. The van der Waals surface area contributed by atoms with Gasteiger partial charge in [-0.1, -0.05) is 49.4 Å². The average molecular weight is 294 g/mol. The van der Waals surface area contributed by atoms with Gasteiger partial charge in [-0.25, -0.2) is 4.79 Å². The van der Waals surface area contributed by atoms with Gasteiger partial charge >= 0.3 is 6.16 Å². The van der Waals surface area contributed by atoms with Gasteiger partial charge in [-0.3, -0.25) is 0 Å². The Morgan fingerprint density at radius 2 is 1.73 bits per heavy atom. The lowest BCUT2D eigenvalue weighted by Gasteiger charge is -2.12. The molecule has 0 atom stereocenters. The number of rotatable bonds is 3. The minimum atomic E-state index is -0.667. The molecule has 0 aliphatic carbocycles. The molecular formula is C19H18O3. The molecule has 22 heavy (non-hydrogen) atoms. The zero-order valence-electron chi connectivity index (χ0n) is 12.8. The van der Waals surface area contributed by atoms with Crippen LogP contribution in [-0.2, 0) is 11.2 Å². The van der Waals surface area contributed by atoms with Crippen LogP contribution in [0.2, 0.25) is 0 Å². The maximum atomic E-state index is 11.8. The lowest BCUT2D eigenvalue weighted by atomic mass is 9.99. The third-order valence-corrected chi connectivity index (χ3v) is 3.73. The van der Waals surface area contributed by atoms with Crippen molar-refractivity contribution in [1.29, 1.82) is 0 Å². The fourth-order valence-electron chi connectivity index (χ4n) is 2.64. The maximum absolute atomic E-state index is 11.8. The molecule has 0 radical (unpaired) electrons. The molecule has 0 aliphatic heterocycles. The molecule has 0 amide bonds. The van der Waals surface area contributed by atoms with E-state index in [2.05, 4.69) is 25.1 Å². The minimum Gasteiger partial charge on any atom is -0.434 e. The lowest BCUT2D eigenvalue weighted by Crippen LogP contribution is -2.10. The van der Waals surface area contributed by atoms with Crippen molar-refractivity contribution in [3.63, 3.8) is 0 Å². The normalized spacial score (nSPS) is 10.8. The van der Waals surface area contributed by atoms with Crippen molar-refractivity contribution >= 4 is 27.7 Å². The van der Waals surface area contributed by atoms with Crippen LogP contribution in [0.3, 0.4) is 0 Å². The van der Waals surface area contributed by atoms with Gasteiger partial charge in [0, 0.05) is 10.8 Å². The van der Waals surface area contributed by atoms with Crippen LogP contribution in [0.1, 0.15) is 19.4 Å². The Kier molecular flexibility index (Phi) is 3.96. The Morgan fingerprint density at radius 3 is 2.50 bits per heavy atom. The number of hydrogen-bond acceptors (Lipinski definition) is 3. The largest absolute Gasteiger partial charge is 0.513 e. The van der Waals surface area contributed by atoms with Gasteiger partial charge < -0.3 is 9.47 Å². The minimum absolute atomic E-state index is 0.293. The van der Waals surface area contributed by atoms with E-state index in [1.54, 1.807) is 6.92 Å². The summed E-state index contributed by atoms with van der Waals surface area (Å²) in [7, 11) is 0. The second-order valence-electron chi connectivity index (χ2n) is 5.12. The maximum Gasteiger partial charge on any atom is 0.513 e. The first-order chi connectivity index (χ1) is 10.7. The third-order valence-electron chi connectivity index (χ3n) is 3.73. The topological polar surface area (TPSA) is 35.5 Å². The highest BCUT2D eigenvalue weighted by Crippen LogP contribution is 2.35. The molecule has 0 spiro atoms. The smallest absolute Gasteiger partial charge is 0.434 e. The molecule has 0 aromatic heterocycles. The number of ether oxygens (including phenoxy) is 2. The van der Waals surface area contributed by atoms with E-state index in [9.17, 15) is 4.79 Å². The van der Waals surface area contributed by atoms with Gasteiger partial charge in [-0.2, -0.15) is 0 Å². The van der Waals surface area contributed by atoms with Crippen molar-refractivity contribution in [2.45, 2.75) is 20.3 Å². The molecule has 0 fully saturated rings. The van der Waals surface area contributed by atoms with E-state index >= 15 is 0 Å². The quantitative estimate of drug-likeness (QED) is 0.383. The first-order valence-electron chi connectivity index (χ1n) is 7.52. The third kappa shape index (κ3) is 2.62. The Morgan fingerprint density at radius 1 is 0.955 bits per heavy atom. The predicted octanol–water partition coefficient (Wildman–Crippen LogP) is 5.09. The van der Waals surface area contributed by atoms with Crippen molar-refractivity contribution < 1.29 is 14.3 Å². The lowest BCUT2D eigenvalue weighted by molar-refractivity contribution is 0.105. The summed E-state index contributed by atoms with van der Waals surface area (Å²) in [5.41, 5.74) is 1.25. The molecule has 3 heteroatoms. The zero-order valence-corrected chi connectivity index (χ0v) is 12.8. The van der Waals surface area contributed by atoms with Crippen molar-refractivity contribution in [3.05, 3.63) is 54.1 Å². The number of carbonyl (C=O) groups excluding carboxylic acids is 1. The number of hydrogen-bond donors (Lipinski definition) is 0. The molecule has 0 unspecified atom stereocenters. The molecule has 3 nitrogen and oxygen atoms in total. The van der Waals surface area contributed by atoms with Gasteiger partial charge in [-0.15, -0.1) is 0 Å². The number of carbonyl (C=O) groups is 1. The molecular weight excluding hydrogens is 276 g/mol. The summed E-state index contributed by atoms with van der Waals surface area (Å²) in [5.74, 6) is 0.564. The summed E-state index contributed by atoms with van der Waals surface area (Å²) in [6.45, 7) is 4.18. The number of benzene rings is 3. The monoisotopic (exact) mass is 294 g/mol. The van der Waals surface area contributed by atoms with Gasteiger partial charge in [0.15, 0.2) is 0 Å². The molecule has 3 aromatic carbocycles. The van der Waals surface area contributed by atoms with Crippen molar-refractivity contribution in [1.82, 2.24) is 0 Å². The summed E-state index contributed by atoms with van der Waals surface area (Å²) in [4.78, 5) is 11.8. The molecule has 0 aliphatic rings. The zero-order chi connectivity index (χ0) is 15.5. The van der Waals surface area contributed by atoms with Crippen LogP contribution in [0.5, 0.6) is 5.75 Å². The SMILES string of the molecule is CCOC(=O)Oc1c2ccccc2cc2cc(CC)ccc12. The van der Waals surface area contributed by atoms with E-state index in [1.165, 1.54) is 5.56 Å². The summed E-state index contributed by atoms with van der Waals surface area (Å²) in [6.07, 6.45) is 0.302. The molecule has 0 saturated carbocycles. The average Bonchev–Trinajstić information content (AvgIpc) is 2.54. The van der Waals surface area contributed by atoms with E-state index in [0.717, 1.165) is 28.0 Å². The van der Waals surface area contributed by atoms with Crippen molar-refractivity contribution in [2.24, 2.45) is 0 Å². The molecule has 0 heterocycles. The Bertz CT molecular complexity index is 837.